The van der Waals surface area contributed by atoms with E-state index >= 15 is 0 Å². The fourth-order valence-electron chi connectivity index (χ4n) is 4.17. The van der Waals surface area contributed by atoms with Crippen molar-refractivity contribution in [2.45, 2.75) is 19.8 Å². The fourth-order valence-corrected chi connectivity index (χ4v) is 4.83. The predicted octanol–water partition coefficient (Wildman–Crippen LogP) is 6.03. The van der Waals surface area contributed by atoms with Crippen molar-refractivity contribution in [2.24, 2.45) is 0 Å². The third-order valence-corrected chi connectivity index (χ3v) is 6.53. The number of amides is 1. The molecule has 6 aromatic rings. The van der Waals surface area contributed by atoms with Crippen molar-refractivity contribution in [3.63, 3.8) is 0 Å². The van der Waals surface area contributed by atoms with E-state index in [-0.39, 0.29) is 5.91 Å². The molecular formula is C26H21N7OS. The molecule has 0 aliphatic heterocycles. The van der Waals surface area contributed by atoms with Crippen LogP contribution < -0.4 is 5.32 Å². The van der Waals surface area contributed by atoms with Gasteiger partial charge >= 0.3 is 0 Å². The highest BCUT2D eigenvalue weighted by atomic mass is 32.1. The van der Waals surface area contributed by atoms with Crippen LogP contribution in [-0.4, -0.2) is 36.0 Å². The van der Waals surface area contributed by atoms with Crippen molar-refractivity contribution < 1.29 is 4.79 Å². The number of aromatic nitrogens is 6. The molecule has 1 aromatic carbocycles. The average molecular weight is 480 g/mol. The highest BCUT2D eigenvalue weighted by Crippen LogP contribution is 2.33. The van der Waals surface area contributed by atoms with Gasteiger partial charge < -0.3 is 10.3 Å². The maximum absolute atomic E-state index is 12.0. The molecule has 5 heterocycles. The van der Waals surface area contributed by atoms with Crippen LogP contribution in [0.3, 0.4) is 0 Å². The number of rotatable bonds is 6. The van der Waals surface area contributed by atoms with Gasteiger partial charge in [0.2, 0.25) is 5.91 Å². The van der Waals surface area contributed by atoms with Crippen molar-refractivity contribution in [3.05, 3.63) is 65.7 Å². The number of nitrogens with one attached hydrogen (secondary N) is 3. The number of thiophene rings is 1. The van der Waals surface area contributed by atoms with E-state index in [2.05, 4.69) is 53.4 Å². The zero-order valence-electron chi connectivity index (χ0n) is 18.9. The summed E-state index contributed by atoms with van der Waals surface area (Å²) in [6.45, 7) is 1.98. The van der Waals surface area contributed by atoms with Crippen LogP contribution in [0.1, 0.15) is 19.8 Å². The summed E-state index contributed by atoms with van der Waals surface area (Å²) in [6, 6.07) is 12.1. The summed E-state index contributed by atoms with van der Waals surface area (Å²) >= 11 is 1.65. The van der Waals surface area contributed by atoms with E-state index in [1.54, 1.807) is 29.9 Å². The molecule has 0 saturated carbocycles. The van der Waals surface area contributed by atoms with Gasteiger partial charge in [-0.1, -0.05) is 13.0 Å². The van der Waals surface area contributed by atoms with Gasteiger partial charge in [-0.3, -0.25) is 14.9 Å². The molecule has 8 nitrogen and oxygen atoms in total. The van der Waals surface area contributed by atoms with Gasteiger partial charge in [-0.2, -0.15) is 16.4 Å². The molecule has 0 saturated heterocycles. The first-order valence-corrected chi connectivity index (χ1v) is 12.2. The summed E-state index contributed by atoms with van der Waals surface area (Å²) < 4.78 is 0. The van der Waals surface area contributed by atoms with Crippen LogP contribution in [0, 0.1) is 0 Å². The molecule has 0 unspecified atom stereocenters. The van der Waals surface area contributed by atoms with Crippen molar-refractivity contribution in [1.82, 2.24) is 30.1 Å². The van der Waals surface area contributed by atoms with Crippen molar-refractivity contribution >= 4 is 45.0 Å². The maximum atomic E-state index is 12.0. The largest absolute Gasteiger partial charge is 0.335 e. The van der Waals surface area contributed by atoms with E-state index in [9.17, 15) is 4.79 Å². The molecule has 0 spiro atoms. The first-order chi connectivity index (χ1) is 17.2. The Hall–Kier alpha value is -4.37. The monoisotopic (exact) mass is 479 g/mol. The number of hydrogen-bond acceptors (Lipinski definition) is 6. The number of H-pyrrole nitrogens is 2. The van der Waals surface area contributed by atoms with Crippen LogP contribution in [0.15, 0.2) is 65.7 Å². The molecule has 6 rings (SSSR count). The van der Waals surface area contributed by atoms with Gasteiger partial charge in [0.25, 0.3) is 0 Å². The van der Waals surface area contributed by atoms with Crippen LogP contribution >= 0.6 is 11.3 Å². The van der Waals surface area contributed by atoms with Crippen molar-refractivity contribution in [2.75, 3.05) is 5.32 Å². The summed E-state index contributed by atoms with van der Waals surface area (Å²) in [5.74, 6) is 0.636. The van der Waals surface area contributed by atoms with Gasteiger partial charge in [-0.05, 0) is 58.6 Å². The summed E-state index contributed by atoms with van der Waals surface area (Å²) in [4.78, 5) is 29.0. The molecular weight excluding hydrogens is 458 g/mol. The topological polar surface area (TPSA) is 112 Å². The number of fused-ring (bicyclic) bond motifs is 2. The molecule has 35 heavy (non-hydrogen) atoms. The van der Waals surface area contributed by atoms with E-state index in [1.807, 2.05) is 31.2 Å². The zero-order valence-corrected chi connectivity index (χ0v) is 19.7. The number of pyridine rings is 2. The molecule has 3 N–H and O–H groups in total. The van der Waals surface area contributed by atoms with E-state index in [4.69, 9.17) is 4.98 Å². The molecule has 0 radical (unpaired) electrons. The smallest absolute Gasteiger partial charge is 0.224 e. The number of benzene rings is 1. The number of hydrogen-bond donors (Lipinski definition) is 3. The van der Waals surface area contributed by atoms with Crippen LogP contribution in [-0.2, 0) is 4.79 Å². The Morgan fingerprint density at radius 3 is 2.89 bits per heavy atom. The third-order valence-electron chi connectivity index (χ3n) is 5.84. The number of nitrogens with zero attached hydrogens (tertiary/aromatic N) is 4. The van der Waals surface area contributed by atoms with Gasteiger partial charge in [0.1, 0.15) is 5.69 Å². The summed E-state index contributed by atoms with van der Waals surface area (Å²) in [5, 5.41) is 15.7. The summed E-state index contributed by atoms with van der Waals surface area (Å²) in [5.41, 5.74) is 7.88. The van der Waals surface area contributed by atoms with Gasteiger partial charge in [-0.25, -0.2) is 9.97 Å². The Kier molecular flexibility index (Phi) is 5.31. The van der Waals surface area contributed by atoms with E-state index in [1.165, 1.54) is 0 Å². The van der Waals surface area contributed by atoms with Crippen LogP contribution in [0.4, 0.5) is 5.69 Å². The van der Waals surface area contributed by atoms with E-state index in [0.29, 0.717) is 23.6 Å². The first kappa shape index (κ1) is 21.2. The van der Waals surface area contributed by atoms with Gasteiger partial charge in [-0.15, -0.1) is 0 Å². The second kappa shape index (κ2) is 8.77. The fraction of sp³-hybridized carbons (Fsp3) is 0.115. The van der Waals surface area contributed by atoms with Crippen LogP contribution in [0.25, 0.3) is 55.8 Å². The Balaban J connectivity index is 1.40. The second-order valence-electron chi connectivity index (χ2n) is 8.25. The van der Waals surface area contributed by atoms with Gasteiger partial charge in [0.15, 0.2) is 11.5 Å². The van der Waals surface area contributed by atoms with E-state index < -0.39 is 0 Å². The Morgan fingerprint density at radius 1 is 1.09 bits per heavy atom. The minimum atomic E-state index is -0.0145. The Bertz CT molecular complexity index is 1670. The molecule has 0 atom stereocenters. The number of aromatic amines is 2. The zero-order chi connectivity index (χ0) is 23.8. The molecule has 5 aromatic heterocycles. The van der Waals surface area contributed by atoms with E-state index in [0.717, 1.165) is 50.8 Å². The third kappa shape index (κ3) is 3.95. The second-order valence-corrected chi connectivity index (χ2v) is 9.03. The Morgan fingerprint density at radius 2 is 2.03 bits per heavy atom. The predicted molar refractivity (Wildman–Crippen MR) is 139 cm³/mol. The van der Waals surface area contributed by atoms with Crippen molar-refractivity contribution in [3.8, 4) is 33.8 Å². The highest BCUT2D eigenvalue weighted by molar-refractivity contribution is 7.08. The molecule has 9 heteroatoms. The molecule has 172 valence electrons. The normalized spacial score (nSPS) is 11.3. The van der Waals surface area contributed by atoms with Crippen LogP contribution in [0.2, 0.25) is 0 Å². The minimum absolute atomic E-state index is 0.0145. The minimum Gasteiger partial charge on any atom is -0.335 e. The lowest BCUT2D eigenvalue weighted by Crippen LogP contribution is -2.10. The quantitative estimate of drug-likeness (QED) is 0.270. The lowest BCUT2D eigenvalue weighted by atomic mass is 10.0. The lowest BCUT2D eigenvalue weighted by Gasteiger charge is -2.07. The number of anilines is 1. The molecule has 0 bridgehead atoms. The number of carbonyl (C=O) groups is 1. The summed E-state index contributed by atoms with van der Waals surface area (Å²) in [7, 11) is 0. The number of carbonyl (C=O) groups excluding carboxylic acids is 1. The molecule has 0 aliphatic rings. The molecule has 0 fully saturated rings. The SMILES string of the molecule is CCCC(=O)Nc1cncc(-c2ccc3[nH]nc(-c4nc5nccc(-c6ccsc6)c5[nH]4)c3c2)c1. The Labute approximate surface area is 204 Å². The number of imidazole rings is 1. The average Bonchev–Trinajstić information content (AvgIpc) is 3.63. The first-order valence-electron chi connectivity index (χ1n) is 11.3. The molecule has 1 amide bonds. The van der Waals surface area contributed by atoms with Gasteiger partial charge in [0.05, 0.1) is 22.9 Å². The summed E-state index contributed by atoms with van der Waals surface area (Å²) in [6.07, 6.45) is 6.50. The van der Waals surface area contributed by atoms with Crippen molar-refractivity contribution in [1.29, 1.82) is 0 Å². The highest BCUT2D eigenvalue weighted by Gasteiger charge is 2.16. The lowest BCUT2D eigenvalue weighted by molar-refractivity contribution is -0.116. The van der Waals surface area contributed by atoms with Crippen LogP contribution in [0.5, 0.6) is 0 Å². The molecule has 0 aliphatic carbocycles. The standard InChI is InChI=1S/C26H21N7OS/c1-2-3-22(34)29-18-10-17(12-27-13-18)15-4-5-21-20(11-15)24(33-32-21)26-30-23-19(16-7-9-35-14-16)6-8-28-25(23)31-26/h4-14H,2-3H2,1H3,(H,29,34)(H,32,33)(H,28,30,31). The van der Waals surface area contributed by atoms with Gasteiger partial charge in [0, 0.05) is 35.3 Å². The maximum Gasteiger partial charge on any atom is 0.224 e.